The van der Waals surface area contributed by atoms with Crippen molar-refractivity contribution in [1.29, 1.82) is 0 Å². The summed E-state index contributed by atoms with van der Waals surface area (Å²) in [5.74, 6) is -3.62. The number of hydrogen-bond acceptors (Lipinski definition) is 7. The lowest BCUT2D eigenvalue weighted by atomic mass is 10.2. The zero-order valence-electron chi connectivity index (χ0n) is 14.7. The molecule has 0 spiro atoms. The van der Waals surface area contributed by atoms with Crippen LogP contribution in [0.25, 0.3) is 0 Å². The first-order valence-electron chi connectivity index (χ1n) is 8.01. The second-order valence-electron chi connectivity index (χ2n) is 5.79. The highest BCUT2D eigenvalue weighted by Gasteiger charge is 2.35. The van der Waals surface area contributed by atoms with Crippen molar-refractivity contribution in [1.82, 2.24) is 10.2 Å². The lowest BCUT2D eigenvalue weighted by molar-refractivity contribution is -0.153. The van der Waals surface area contributed by atoms with Crippen LogP contribution in [0.5, 0.6) is 0 Å². The molecular formula is C15H25N3O8. The number of carbonyl (C=O) groups is 5. The van der Waals surface area contributed by atoms with Crippen molar-refractivity contribution < 1.29 is 39.3 Å². The van der Waals surface area contributed by atoms with Crippen molar-refractivity contribution in [3.05, 3.63) is 0 Å². The molecule has 2 amide bonds. The topological polar surface area (TPSA) is 187 Å². The minimum absolute atomic E-state index is 0.135. The zero-order valence-corrected chi connectivity index (χ0v) is 14.7. The fourth-order valence-electron chi connectivity index (χ4n) is 2.03. The van der Waals surface area contributed by atoms with Gasteiger partial charge in [0.2, 0.25) is 11.8 Å². The third kappa shape index (κ3) is 8.03. The third-order valence-electron chi connectivity index (χ3n) is 3.58. The van der Waals surface area contributed by atoms with Crippen LogP contribution in [-0.4, -0.2) is 74.6 Å². The van der Waals surface area contributed by atoms with Crippen molar-refractivity contribution in [2.75, 3.05) is 6.54 Å². The van der Waals surface area contributed by atoms with Crippen LogP contribution in [-0.2, 0) is 24.0 Å². The first kappa shape index (κ1) is 23.5. The van der Waals surface area contributed by atoms with E-state index < -0.39 is 41.8 Å². The van der Waals surface area contributed by atoms with Gasteiger partial charge in [-0.3, -0.25) is 24.1 Å². The summed E-state index contributed by atoms with van der Waals surface area (Å²) in [5, 5.41) is 27.6. The fourth-order valence-corrected chi connectivity index (χ4v) is 2.03. The summed E-state index contributed by atoms with van der Waals surface area (Å²) >= 11 is 0. The van der Waals surface area contributed by atoms with Crippen LogP contribution in [0.1, 0.15) is 39.5 Å². The minimum atomic E-state index is -1.15. The number of hydrogen-bond donors (Lipinski definition) is 5. The van der Waals surface area contributed by atoms with Gasteiger partial charge < -0.3 is 26.4 Å². The summed E-state index contributed by atoms with van der Waals surface area (Å²) in [7, 11) is 0. The Labute approximate surface area is 150 Å². The van der Waals surface area contributed by atoms with Gasteiger partial charge in [0.15, 0.2) is 0 Å². The number of nitrogens with one attached hydrogen (secondary N) is 1. The van der Waals surface area contributed by atoms with E-state index in [1.807, 2.05) is 0 Å². The maximum Gasteiger partial charge on any atom is 0.326 e. The summed E-state index contributed by atoms with van der Waals surface area (Å²) in [6, 6.07) is -2.03. The summed E-state index contributed by atoms with van der Waals surface area (Å²) in [6.45, 7) is 3.60. The lowest BCUT2D eigenvalue weighted by Gasteiger charge is -2.17. The number of carboxylic acids is 3. The van der Waals surface area contributed by atoms with Crippen LogP contribution in [0.4, 0.5) is 0 Å². The van der Waals surface area contributed by atoms with E-state index in [1.165, 1.54) is 13.8 Å². The second-order valence-corrected chi connectivity index (χ2v) is 5.79. The van der Waals surface area contributed by atoms with Gasteiger partial charge in [0.05, 0.1) is 0 Å². The predicted molar refractivity (Wildman–Crippen MR) is 88.1 cm³/mol. The molecule has 2 heterocycles. The molecule has 0 aromatic heterocycles. The standard InChI is InChI=1S/C7H9NO4.C5H9NO2.C3H7NO2/c1-4(7(11)12)8-5(9)2-3-6(8)10;7-5(8)4-2-1-3-6-4;1-2(4)3(5)6/h4H,2-3H2,1H3,(H,11,12);4,6H,1-3H2,(H,7,8);2H,4H2,1H3,(H,5,6)/t2*4-;2-/m000/s1. The van der Waals surface area contributed by atoms with Crippen molar-refractivity contribution in [3.63, 3.8) is 0 Å². The van der Waals surface area contributed by atoms with Crippen LogP contribution in [0.2, 0.25) is 0 Å². The van der Waals surface area contributed by atoms with Gasteiger partial charge in [-0.15, -0.1) is 0 Å². The van der Waals surface area contributed by atoms with Crippen molar-refractivity contribution in [2.45, 2.75) is 57.7 Å². The number of rotatable bonds is 4. The molecule has 148 valence electrons. The molecule has 11 nitrogen and oxygen atoms in total. The maximum atomic E-state index is 11.0. The molecule has 0 bridgehead atoms. The third-order valence-corrected chi connectivity index (χ3v) is 3.58. The van der Waals surface area contributed by atoms with Crippen molar-refractivity contribution >= 4 is 29.7 Å². The quantitative estimate of drug-likeness (QED) is 0.375. The number of aliphatic carboxylic acids is 3. The molecule has 0 aromatic carbocycles. The van der Waals surface area contributed by atoms with E-state index in [2.05, 4.69) is 5.32 Å². The second kappa shape index (κ2) is 11.2. The molecule has 2 aliphatic heterocycles. The predicted octanol–water partition coefficient (Wildman–Crippen LogP) is -1.15. The summed E-state index contributed by atoms with van der Waals surface area (Å²) < 4.78 is 0. The van der Waals surface area contributed by atoms with Crippen LogP contribution in [0, 0.1) is 0 Å². The van der Waals surface area contributed by atoms with Gasteiger partial charge in [-0.1, -0.05) is 0 Å². The monoisotopic (exact) mass is 375 g/mol. The molecule has 0 unspecified atom stereocenters. The highest BCUT2D eigenvalue weighted by Crippen LogP contribution is 2.14. The van der Waals surface area contributed by atoms with E-state index in [1.54, 1.807) is 0 Å². The smallest absolute Gasteiger partial charge is 0.326 e. The molecule has 26 heavy (non-hydrogen) atoms. The Balaban J connectivity index is 0.000000388. The Hall–Kier alpha value is -2.53. The van der Waals surface area contributed by atoms with E-state index in [0.717, 1.165) is 24.3 Å². The number of carboxylic acid groups (broad SMARTS) is 3. The average molecular weight is 375 g/mol. The minimum Gasteiger partial charge on any atom is -0.480 e. The van der Waals surface area contributed by atoms with Gasteiger partial charge in [-0.05, 0) is 33.2 Å². The lowest BCUT2D eigenvalue weighted by Crippen LogP contribution is -2.42. The van der Waals surface area contributed by atoms with Crippen LogP contribution in [0.3, 0.4) is 0 Å². The molecule has 2 fully saturated rings. The molecule has 6 N–H and O–H groups in total. The van der Waals surface area contributed by atoms with E-state index in [-0.39, 0.29) is 18.9 Å². The largest absolute Gasteiger partial charge is 0.480 e. The molecule has 0 aliphatic carbocycles. The zero-order chi connectivity index (χ0) is 20.4. The number of nitrogens with zero attached hydrogens (tertiary/aromatic N) is 1. The molecule has 2 aliphatic rings. The van der Waals surface area contributed by atoms with Gasteiger partial charge in [-0.2, -0.15) is 0 Å². The molecular weight excluding hydrogens is 350 g/mol. The molecule has 0 radical (unpaired) electrons. The highest BCUT2D eigenvalue weighted by atomic mass is 16.4. The molecule has 3 atom stereocenters. The SMILES string of the molecule is C[C@@H](C(=O)O)N1C(=O)CCC1=O.C[C@H](N)C(=O)O.O=C(O)[C@@H]1CCCN1. The molecule has 0 aromatic rings. The number of imide groups is 1. The first-order chi connectivity index (χ1) is 12.0. The van der Waals surface area contributed by atoms with Gasteiger partial charge in [0.1, 0.15) is 18.1 Å². The van der Waals surface area contributed by atoms with Gasteiger partial charge >= 0.3 is 17.9 Å². The Kier molecular flexibility index (Phi) is 10.1. The van der Waals surface area contributed by atoms with E-state index in [0.29, 0.717) is 0 Å². The Morgan fingerprint density at radius 1 is 1.08 bits per heavy atom. The number of amides is 2. The van der Waals surface area contributed by atoms with Gasteiger partial charge in [-0.25, -0.2) is 4.79 Å². The van der Waals surface area contributed by atoms with E-state index in [9.17, 15) is 24.0 Å². The molecule has 0 saturated carbocycles. The summed E-state index contributed by atoms with van der Waals surface area (Å²) in [6.07, 6.45) is 2.05. The number of likely N-dealkylation sites (tertiary alicyclic amines) is 1. The Morgan fingerprint density at radius 2 is 1.54 bits per heavy atom. The average Bonchev–Trinajstić information content (AvgIpc) is 3.18. The fraction of sp³-hybridized carbons (Fsp3) is 0.667. The Morgan fingerprint density at radius 3 is 1.77 bits per heavy atom. The van der Waals surface area contributed by atoms with E-state index in [4.69, 9.17) is 21.1 Å². The normalized spacial score (nSPS) is 21.0. The maximum absolute atomic E-state index is 11.0. The number of nitrogens with two attached hydrogens (primary N) is 1. The van der Waals surface area contributed by atoms with Crippen molar-refractivity contribution in [2.24, 2.45) is 5.73 Å². The first-order valence-corrected chi connectivity index (χ1v) is 8.01. The molecule has 2 saturated heterocycles. The van der Waals surface area contributed by atoms with Crippen LogP contribution >= 0.6 is 0 Å². The van der Waals surface area contributed by atoms with E-state index >= 15 is 0 Å². The Bertz CT molecular complexity index is 527. The highest BCUT2D eigenvalue weighted by molar-refractivity contribution is 6.04. The number of carbonyl (C=O) groups excluding carboxylic acids is 2. The van der Waals surface area contributed by atoms with Crippen LogP contribution < -0.4 is 11.1 Å². The molecule has 2 rings (SSSR count). The van der Waals surface area contributed by atoms with Gasteiger partial charge in [0, 0.05) is 12.8 Å². The summed E-state index contributed by atoms with van der Waals surface area (Å²) in [5.41, 5.74) is 4.84. The molecule has 11 heteroatoms. The van der Waals surface area contributed by atoms with Crippen molar-refractivity contribution in [3.8, 4) is 0 Å². The van der Waals surface area contributed by atoms with Gasteiger partial charge in [0.25, 0.3) is 0 Å². The van der Waals surface area contributed by atoms with Crippen LogP contribution in [0.15, 0.2) is 0 Å². The summed E-state index contributed by atoms with van der Waals surface area (Å²) in [4.78, 5) is 52.9.